The molecule has 1 amide bonds. The average molecular weight is 313 g/mol. The second kappa shape index (κ2) is 7.40. The van der Waals surface area contributed by atoms with Crippen molar-refractivity contribution >= 4 is 5.91 Å². The molecule has 23 heavy (non-hydrogen) atoms. The largest absolute Gasteiger partial charge is 0.361 e. The molecule has 1 saturated heterocycles. The Morgan fingerprint density at radius 3 is 3.09 bits per heavy atom. The van der Waals surface area contributed by atoms with Gasteiger partial charge in [0, 0.05) is 37.0 Å². The highest BCUT2D eigenvalue weighted by atomic mass is 16.5. The lowest BCUT2D eigenvalue weighted by Crippen LogP contribution is -2.36. The van der Waals surface area contributed by atoms with Crippen molar-refractivity contribution in [2.24, 2.45) is 0 Å². The highest BCUT2D eigenvalue weighted by Crippen LogP contribution is 2.24. The van der Waals surface area contributed by atoms with Gasteiger partial charge < -0.3 is 9.42 Å². The summed E-state index contributed by atoms with van der Waals surface area (Å²) in [7, 11) is 0. The van der Waals surface area contributed by atoms with E-state index in [1.807, 2.05) is 29.3 Å². The first kappa shape index (κ1) is 15.7. The number of carbonyl (C=O) groups excluding carboxylic acids is 1. The van der Waals surface area contributed by atoms with Crippen molar-refractivity contribution < 1.29 is 9.32 Å². The van der Waals surface area contributed by atoms with Gasteiger partial charge in [-0.3, -0.25) is 9.78 Å². The van der Waals surface area contributed by atoms with Gasteiger partial charge in [-0.1, -0.05) is 18.1 Å². The fraction of sp³-hybridized carbons (Fsp3) is 0.500. The van der Waals surface area contributed by atoms with Crippen molar-refractivity contribution in [2.75, 3.05) is 6.54 Å². The van der Waals surface area contributed by atoms with Gasteiger partial charge in [-0.15, -0.1) is 0 Å². The van der Waals surface area contributed by atoms with Crippen LogP contribution in [0, 0.1) is 0 Å². The normalized spacial score (nSPS) is 17.6. The van der Waals surface area contributed by atoms with Crippen LogP contribution in [0.5, 0.6) is 0 Å². The van der Waals surface area contributed by atoms with Crippen LogP contribution in [-0.2, 0) is 12.8 Å². The summed E-state index contributed by atoms with van der Waals surface area (Å²) in [6, 6.07) is 8.03. The van der Waals surface area contributed by atoms with E-state index >= 15 is 0 Å². The molecule has 0 bridgehead atoms. The number of aromatic nitrogens is 2. The standard InChI is InChI=1S/C18H23N3O2/c1-2-6-16-13-17(20-23-16)18(22)21-12-5-8-15(21)10-9-14-7-3-4-11-19-14/h3-4,7,11,13,15H,2,5-6,8-10,12H2,1H3/t15-/m1/s1. The molecule has 0 unspecified atom stereocenters. The van der Waals surface area contributed by atoms with Gasteiger partial charge in [0.2, 0.25) is 0 Å². The Hall–Kier alpha value is -2.17. The van der Waals surface area contributed by atoms with Crippen molar-refractivity contribution in [1.29, 1.82) is 0 Å². The van der Waals surface area contributed by atoms with Gasteiger partial charge in [-0.2, -0.15) is 0 Å². The zero-order valence-electron chi connectivity index (χ0n) is 13.6. The Kier molecular flexibility index (Phi) is 5.05. The lowest BCUT2D eigenvalue weighted by Gasteiger charge is -2.23. The molecule has 1 aliphatic heterocycles. The van der Waals surface area contributed by atoms with E-state index in [-0.39, 0.29) is 11.9 Å². The number of aryl methyl sites for hydroxylation is 2. The maximum atomic E-state index is 12.7. The van der Waals surface area contributed by atoms with Crippen molar-refractivity contribution in [3.05, 3.63) is 47.6 Å². The van der Waals surface area contributed by atoms with E-state index < -0.39 is 0 Å². The molecule has 0 N–H and O–H groups in total. The van der Waals surface area contributed by atoms with E-state index in [4.69, 9.17) is 4.52 Å². The van der Waals surface area contributed by atoms with E-state index in [0.717, 1.165) is 56.5 Å². The Morgan fingerprint density at radius 2 is 2.30 bits per heavy atom. The molecule has 3 heterocycles. The second-order valence-electron chi connectivity index (χ2n) is 6.08. The fourth-order valence-electron chi connectivity index (χ4n) is 3.19. The van der Waals surface area contributed by atoms with Crippen molar-refractivity contribution in [1.82, 2.24) is 15.0 Å². The van der Waals surface area contributed by atoms with Crippen LogP contribution in [-0.4, -0.2) is 33.5 Å². The van der Waals surface area contributed by atoms with E-state index in [9.17, 15) is 4.79 Å². The van der Waals surface area contributed by atoms with Crippen LogP contribution < -0.4 is 0 Å². The van der Waals surface area contributed by atoms with Gasteiger partial charge in [-0.05, 0) is 44.2 Å². The predicted molar refractivity (Wildman–Crippen MR) is 87.1 cm³/mol. The van der Waals surface area contributed by atoms with E-state index in [0.29, 0.717) is 5.69 Å². The summed E-state index contributed by atoms with van der Waals surface area (Å²) in [5.41, 5.74) is 1.52. The second-order valence-corrected chi connectivity index (χ2v) is 6.08. The van der Waals surface area contributed by atoms with Crippen molar-refractivity contribution in [2.45, 2.75) is 51.5 Å². The van der Waals surface area contributed by atoms with E-state index in [1.54, 1.807) is 6.07 Å². The number of carbonyl (C=O) groups is 1. The Bertz CT molecular complexity index is 639. The van der Waals surface area contributed by atoms with Crippen LogP contribution in [0.1, 0.15) is 54.5 Å². The number of hydrogen-bond acceptors (Lipinski definition) is 4. The summed E-state index contributed by atoms with van der Waals surface area (Å²) < 4.78 is 5.24. The van der Waals surface area contributed by atoms with Crippen molar-refractivity contribution in [3.63, 3.8) is 0 Å². The smallest absolute Gasteiger partial charge is 0.276 e. The zero-order valence-corrected chi connectivity index (χ0v) is 13.6. The van der Waals surface area contributed by atoms with Gasteiger partial charge in [0.25, 0.3) is 5.91 Å². The quantitative estimate of drug-likeness (QED) is 0.821. The van der Waals surface area contributed by atoms with Crippen LogP contribution in [0.4, 0.5) is 0 Å². The molecule has 3 rings (SSSR count). The summed E-state index contributed by atoms with van der Waals surface area (Å²) in [6.45, 7) is 2.89. The van der Waals surface area contributed by atoms with Gasteiger partial charge in [0.15, 0.2) is 5.69 Å². The monoisotopic (exact) mass is 313 g/mol. The van der Waals surface area contributed by atoms with Gasteiger partial charge in [-0.25, -0.2) is 0 Å². The lowest BCUT2D eigenvalue weighted by molar-refractivity contribution is 0.0720. The van der Waals surface area contributed by atoms with Crippen LogP contribution in [0.25, 0.3) is 0 Å². The van der Waals surface area contributed by atoms with Crippen LogP contribution >= 0.6 is 0 Å². The molecule has 0 saturated carbocycles. The van der Waals surface area contributed by atoms with Gasteiger partial charge >= 0.3 is 0 Å². The summed E-state index contributed by atoms with van der Waals surface area (Å²) in [5.74, 6) is 0.791. The first-order chi connectivity index (χ1) is 11.3. The van der Waals surface area contributed by atoms with Gasteiger partial charge in [0.05, 0.1) is 0 Å². The molecule has 5 heteroatoms. The number of rotatable bonds is 6. The maximum absolute atomic E-state index is 12.7. The summed E-state index contributed by atoms with van der Waals surface area (Å²) in [4.78, 5) is 19.0. The third-order valence-electron chi connectivity index (χ3n) is 4.37. The summed E-state index contributed by atoms with van der Waals surface area (Å²) in [5, 5.41) is 3.95. The van der Waals surface area contributed by atoms with E-state index in [2.05, 4.69) is 17.1 Å². The maximum Gasteiger partial charge on any atom is 0.276 e. The minimum atomic E-state index is -0.000348. The predicted octanol–water partition coefficient (Wildman–Crippen LogP) is 3.26. The first-order valence-corrected chi connectivity index (χ1v) is 8.44. The molecule has 1 fully saturated rings. The molecule has 1 aliphatic rings. The third-order valence-corrected chi connectivity index (χ3v) is 4.37. The number of pyridine rings is 1. The van der Waals surface area contributed by atoms with Crippen LogP contribution in [0.3, 0.4) is 0 Å². The molecule has 122 valence electrons. The van der Waals surface area contributed by atoms with Crippen LogP contribution in [0.15, 0.2) is 35.0 Å². The Balaban J connectivity index is 1.62. The minimum absolute atomic E-state index is 0.000348. The zero-order chi connectivity index (χ0) is 16.1. The van der Waals surface area contributed by atoms with Crippen molar-refractivity contribution in [3.8, 4) is 0 Å². The molecule has 5 nitrogen and oxygen atoms in total. The number of nitrogens with zero attached hydrogens (tertiary/aromatic N) is 3. The highest BCUT2D eigenvalue weighted by Gasteiger charge is 2.30. The van der Waals surface area contributed by atoms with E-state index in [1.165, 1.54) is 0 Å². The SMILES string of the molecule is CCCc1cc(C(=O)N2CCC[C@@H]2CCc2ccccn2)no1. The number of likely N-dealkylation sites (tertiary alicyclic amines) is 1. The first-order valence-electron chi connectivity index (χ1n) is 8.44. The third kappa shape index (κ3) is 3.78. The lowest BCUT2D eigenvalue weighted by atomic mass is 10.1. The summed E-state index contributed by atoms with van der Waals surface area (Å²) >= 11 is 0. The molecule has 0 aromatic carbocycles. The molecule has 2 aromatic rings. The average Bonchev–Trinajstić information content (AvgIpc) is 3.23. The fourth-order valence-corrected chi connectivity index (χ4v) is 3.19. The Morgan fingerprint density at radius 1 is 1.39 bits per heavy atom. The molecular weight excluding hydrogens is 290 g/mol. The molecule has 2 aromatic heterocycles. The van der Waals surface area contributed by atoms with Gasteiger partial charge in [0.1, 0.15) is 5.76 Å². The molecule has 1 atom stereocenters. The Labute approximate surface area is 136 Å². The number of hydrogen-bond donors (Lipinski definition) is 0. The number of amides is 1. The highest BCUT2D eigenvalue weighted by molar-refractivity contribution is 5.92. The molecule has 0 radical (unpaired) electrons. The topological polar surface area (TPSA) is 59.2 Å². The molecule has 0 spiro atoms. The molecular formula is C18H23N3O2. The molecule has 0 aliphatic carbocycles. The summed E-state index contributed by atoms with van der Waals surface area (Å²) in [6.07, 6.45) is 7.58. The van der Waals surface area contributed by atoms with Crippen LogP contribution in [0.2, 0.25) is 0 Å². The minimum Gasteiger partial charge on any atom is -0.361 e.